The second-order valence-electron chi connectivity index (χ2n) is 3.16. The van der Waals surface area contributed by atoms with Crippen LogP contribution in [0.25, 0.3) is 0 Å². The van der Waals surface area contributed by atoms with Crippen LogP contribution < -0.4 is 5.73 Å². The van der Waals surface area contributed by atoms with E-state index in [9.17, 15) is 0 Å². The molecule has 0 saturated carbocycles. The number of aromatic nitrogens is 3. The van der Waals surface area contributed by atoms with Crippen LogP contribution in [0.5, 0.6) is 0 Å². The standard InChI is InChI=1S/C10H12N4/c1-8-12-10(11)14(13-8)7-9-5-3-2-4-6-9/h2-6H,7H2,1H3,(H2,11,12,13). The van der Waals surface area contributed by atoms with Gasteiger partial charge >= 0.3 is 0 Å². The van der Waals surface area contributed by atoms with Gasteiger partial charge in [0.15, 0.2) is 0 Å². The van der Waals surface area contributed by atoms with E-state index in [0.29, 0.717) is 18.3 Å². The van der Waals surface area contributed by atoms with E-state index in [1.54, 1.807) is 4.68 Å². The first-order chi connectivity index (χ1) is 6.75. The normalized spacial score (nSPS) is 10.4. The molecule has 2 rings (SSSR count). The molecule has 0 atom stereocenters. The number of nitrogens with two attached hydrogens (primary N) is 1. The minimum Gasteiger partial charge on any atom is -0.368 e. The lowest BCUT2D eigenvalue weighted by atomic mass is 10.2. The van der Waals surface area contributed by atoms with Crippen LogP contribution in [-0.2, 0) is 6.54 Å². The van der Waals surface area contributed by atoms with E-state index in [4.69, 9.17) is 5.73 Å². The first-order valence-electron chi connectivity index (χ1n) is 4.46. The Morgan fingerprint density at radius 1 is 1.29 bits per heavy atom. The number of aryl methyl sites for hydroxylation is 1. The molecule has 0 amide bonds. The summed E-state index contributed by atoms with van der Waals surface area (Å²) in [5.74, 6) is 1.17. The average molecular weight is 188 g/mol. The second-order valence-corrected chi connectivity index (χ2v) is 3.16. The number of nitrogen functional groups attached to an aromatic ring is 1. The molecule has 0 radical (unpaired) electrons. The third-order valence-electron chi connectivity index (χ3n) is 1.98. The Bertz CT molecular complexity index is 419. The molecular formula is C10H12N4. The molecule has 0 unspecified atom stereocenters. The van der Waals surface area contributed by atoms with Crippen molar-refractivity contribution in [3.63, 3.8) is 0 Å². The Hall–Kier alpha value is -1.84. The molecule has 4 nitrogen and oxygen atoms in total. The van der Waals surface area contributed by atoms with Crippen LogP contribution in [-0.4, -0.2) is 14.8 Å². The molecule has 0 aliphatic rings. The molecule has 0 aliphatic carbocycles. The predicted octanol–water partition coefficient (Wildman–Crippen LogP) is 1.22. The van der Waals surface area contributed by atoms with Crippen molar-refractivity contribution in [3.05, 3.63) is 41.7 Å². The predicted molar refractivity (Wildman–Crippen MR) is 54.7 cm³/mol. The highest BCUT2D eigenvalue weighted by atomic mass is 15.4. The van der Waals surface area contributed by atoms with E-state index < -0.39 is 0 Å². The fraction of sp³-hybridized carbons (Fsp3) is 0.200. The van der Waals surface area contributed by atoms with Crippen LogP contribution in [0.1, 0.15) is 11.4 Å². The summed E-state index contributed by atoms with van der Waals surface area (Å²) in [6.45, 7) is 2.51. The van der Waals surface area contributed by atoms with Gasteiger partial charge in [0, 0.05) is 0 Å². The first-order valence-corrected chi connectivity index (χ1v) is 4.46. The number of benzene rings is 1. The highest BCUT2D eigenvalue weighted by Crippen LogP contribution is 2.05. The van der Waals surface area contributed by atoms with Crippen LogP contribution in [0.15, 0.2) is 30.3 Å². The van der Waals surface area contributed by atoms with Gasteiger partial charge in [0.05, 0.1) is 6.54 Å². The Kier molecular flexibility index (Phi) is 2.18. The van der Waals surface area contributed by atoms with Gasteiger partial charge in [-0.3, -0.25) is 0 Å². The van der Waals surface area contributed by atoms with Gasteiger partial charge in [0.25, 0.3) is 0 Å². The van der Waals surface area contributed by atoms with Gasteiger partial charge in [-0.15, -0.1) is 0 Å². The van der Waals surface area contributed by atoms with E-state index in [2.05, 4.69) is 10.1 Å². The van der Waals surface area contributed by atoms with Crippen LogP contribution in [0.2, 0.25) is 0 Å². The number of anilines is 1. The van der Waals surface area contributed by atoms with Crippen molar-refractivity contribution >= 4 is 5.95 Å². The highest BCUT2D eigenvalue weighted by Gasteiger charge is 2.02. The summed E-state index contributed by atoms with van der Waals surface area (Å²) >= 11 is 0. The van der Waals surface area contributed by atoms with E-state index >= 15 is 0 Å². The zero-order valence-electron chi connectivity index (χ0n) is 8.01. The molecular weight excluding hydrogens is 176 g/mol. The SMILES string of the molecule is Cc1nc(N)n(Cc2ccccc2)n1. The van der Waals surface area contributed by atoms with Crippen molar-refractivity contribution in [2.45, 2.75) is 13.5 Å². The second kappa shape index (κ2) is 3.49. The van der Waals surface area contributed by atoms with Crippen molar-refractivity contribution in [1.82, 2.24) is 14.8 Å². The molecule has 2 aromatic rings. The summed E-state index contributed by atoms with van der Waals surface area (Å²) in [7, 11) is 0. The summed E-state index contributed by atoms with van der Waals surface area (Å²) in [5, 5.41) is 4.19. The third kappa shape index (κ3) is 1.74. The van der Waals surface area contributed by atoms with Gasteiger partial charge in [0.1, 0.15) is 5.82 Å². The van der Waals surface area contributed by atoms with Crippen molar-refractivity contribution in [2.24, 2.45) is 0 Å². The zero-order valence-corrected chi connectivity index (χ0v) is 8.01. The van der Waals surface area contributed by atoms with Gasteiger partial charge in [-0.05, 0) is 12.5 Å². The average Bonchev–Trinajstić information content (AvgIpc) is 2.47. The minimum absolute atomic E-state index is 0.464. The minimum atomic E-state index is 0.464. The Labute approximate surface area is 82.4 Å². The number of rotatable bonds is 2. The molecule has 14 heavy (non-hydrogen) atoms. The van der Waals surface area contributed by atoms with E-state index in [1.807, 2.05) is 37.3 Å². The summed E-state index contributed by atoms with van der Waals surface area (Å²) in [4.78, 5) is 4.04. The van der Waals surface area contributed by atoms with Gasteiger partial charge in [-0.1, -0.05) is 30.3 Å². The maximum absolute atomic E-state index is 5.68. The summed E-state index contributed by atoms with van der Waals surface area (Å²) in [6, 6.07) is 10.1. The molecule has 4 heteroatoms. The van der Waals surface area contributed by atoms with Gasteiger partial charge in [0.2, 0.25) is 5.95 Å². The molecule has 1 aromatic carbocycles. The van der Waals surface area contributed by atoms with Crippen molar-refractivity contribution in [2.75, 3.05) is 5.73 Å². The molecule has 0 spiro atoms. The van der Waals surface area contributed by atoms with Crippen LogP contribution in [0.3, 0.4) is 0 Å². The van der Waals surface area contributed by atoms with Crippen LogP contribution >= 0.6 is 0 Å². The van der Waals surface area contributed by atoms with Gasteiger partial charge in [-0.25, -0.2) is 4.68 Å². The summed E-state index contributed by atoms with van der Waals surface area (Å²) in [6.07, 6.45) is 0. The van der Waals surface area contributed by atoms with Crippen LogP contribution in [0.4, 0.5) is 5.95 Å². The first kappa shape index (κ1) is 8.74. The fourth-order valence-electron chi connectivity index (χ4n) is 1.34. The molecule has 72 valence electrons. The molecule has 0 bridgehead atoms. The maximum Gasteiger partial charge on any atom is 0.219 e. The lowest BCUT2D eigenvalue weighted by molar-refractivity contribution is 0.689. The van der Waals surface area contributed by atoms with E-state index in [1.165, 1.54) is 5.56 Å². The fourth-order valence-corrected chi connectivity index (χ4v) is 1.34. The number of hydrogen-bond donors (Lipinski definition) is 1. The molecule has 1 heterocycles. The van der Waals surface area contributed by atoms with Crippen molar-refractivity contribution in [1.29, 1.82) is 0 Å². The van der Waals surface area contributed by atoms with Crippen molar-refractivity contribution < 1.29 is 0 Å². The summed E-state index contributed by atoms with van der Waals surface area (Å²) in [5.41, 5.74) is 6.85. The largest absolute Gasteiger partial charge is 0.368 e. The smallest absolute Gasteiger partial charge is 0.219 e. The van der Waals surface area contributed by atoms with Crippen LogP contribution in [0, 0.1) is 6.92 Å². The van der Waals surface area contributed by atoms with Gasteiger partial charge in [-0.2, -0.15) is 10.1 Å². The summed E-state index contributed by atoms with van der Waals surface area (Å²) < 4.78 is 1.70. The monoisotopic (exact) mass is 188 g/mol. The topological polar surface area (TPSA) is 56.7 Å². The van der Waals surface area contributed by atoms with E-state index in [-0.39, 0.29) is 0 Å². The molecule has 0 fully saturated rings. The molecule has 1 aromatic heterocycles. The highest BCUT2D eigenvalue weighted by molar-refractivity contribution is 5.20. The van der Waals surface area contributed by atoms with E-state index in [0.717, 1.165) is 0 Å². The molecule has 2 N–H and O–H groups in total. The zero-order chi connectivity index (χ0) is 9.97. The Morgan fingerprint density at radius 3 is 2.57 bits per heavy atom. The number of hydrogen-bond acceptors (Lipinski definition) is 3. The number of nitrogens with zero attached hydrogens (tertiary/aromatic N) is 3. The lowest BCUT2D eigenvalue weighted by Gasteiger charge is -2.01. The van der Waals surface area contributed by atoms with Crippen molar-refractivity contribution in [3.8, 4) is 0 Å². The third-order valence-corrected chi connectivity index (χ3v) is 1.98. The quantitative estimate of drug-likeness (QED) is 0.770. The van der Waals surface area contributed by atoms with Gasteiger partial charge < -0.3 is 5.73 Å². The Balaban J connectivity index is 2.23. The molecule has 0 aliphatic heterocycles. The maximum atomic E-state index is 5.68. The lowest BCUT2D eigenvalue weighted by Crippen LogP contribution is -2.06. The Morgan fingerprint density at radius 2 is 2.00 bits per heavy atom. The molecule has 0 saturated heterocycles.